The Bertz CT molecular complexity index is 720. The minimum Gasteiger partial charge on any atom is -0.399 e. The number of amides is 1. The van der Waals surface area contributed by atoms with Gasteiger partial charge in [0.1, 0.15) is 5.82 Å². The quantitative estimate of drug-likeness (QED) is 0.548. The lowest BCUT2D eigenvalue weighted by molar-refractivity contribution is 0.1000. The summed E-state index contributed by atoms with van der Waals surface area (Å²) in [5, 5.41) is 0. The molecule has 0 saturated heterocycles. The summed E-state index contributed by atoms with van der Waals surface area (Å²) in [6.45, 7) is 0. The molecule has 1 heterocycles. The number of benzene rings is 1. The summed E-state index contributed by atoms with van der Waals surface area (Å²) >= 11 is 1.75. The molecule has 22 heavy (non-hydrogen) atoms. The van der Waals surface area contributed by atoms with Crippen molar-refractivity contribution in [1.82, 2.24) is 4.98 Å². The van der Waals surface area contributed by atoms with E-state index in [0.717, 1.165) is 5.56 Å². The maximum atomic E-state index is 11.1. The predicted molar refractivity (Wildman–Crippen MR) is 93.4 cm³/mol. The molecule has 0 saturated carbocycles. The van der Waals surface area contributed by atoms with E-state index < -0.39 is 5.91 Å². The Morgan fingerprint density at radius 3 is 2.45 bits per heavy atom. The Morgan fingerprint density at radius 1 is 1.18 bits per heavy atom. The zero-order valence-electron chi connectivity index (χ0n) is 12.5. The third-order valence-electron chi connectivity index (χ3n) is 2.43. The van der Waals surface area contributed by atoms with Crippen molar-refractivity contribution in [2.75, 3.05) is 24.0 Å². The van der Waals surface area contributed by atoms with Crippen molar-refractivity contribution >= 4 is 29.2 Å². The minimum atomic E-state index is -0.570. The largest absolute Gasteiger partial charge is 0.399 e. The maximum Gasteiger partial charge on any atom is 0.250 e. The third-order valence-corrected chi connectivity index (χ3v) is 2.43. The van der Waals surface area contributed by atoms with Crippen LogP contribution in [0.15, 0.2) is 36.5 Å². The Kier molecular flexibility index (Phi) is 6.80. The monoisotopic (exact) mass is 314 g/mol. The number of aromatic nitrogens is 1. The fourth-order valence-electron chi connectivity index (χ4n) is 1.47. The van der Waals surface area contributed by atoms with Crippen molar-refractivity contribution in [1.29, 1.82) is 0 Å². The van der Waals surface area contributed by atoms with Crippen LogP contribution in [0.4, 0.5) is 11.5 Å². The number of primary amides is 1. The molecule has 0 spiro atoms. The number of carbonyl (C=O) groups excluding carboxylic acids is 1. The molecule has 1 aromatic heterocycles. The van der Waals surface area contributed by atoms with Gasteiger partial charge in [0.25, 0.3) is 0 Å². The highest BCUT2D eigenvalue weighted by atomic mass is 32.2. The van der Waals surface area contributed by atoms with Gasteiger partial charge in [-0.1, -0.05) is 17.9 Å². The van der Waals surface area contributed by atoms with Crippen molar-refractivity contribution in [3.63, 3.8) is 0 Å². The number of nitrogens with two attached hydrogens (primary N) is 3. The lowest BCUT2D eigenvalue weighted by Gasteiger charge is -1.99. The zero-order valence-corrected chi connectivity index (χ0v) is 13.3. The van der Waals surface area contributed by atoms with E-state index in [4.69, 9.17) is 17.2 Å². The predicted octanol–water partition coefficient (Wildman–Crippen LogP) is 1.72. The van der Waals surface area contributed by atoms with Gasteiger partial charge in [0, 0.05) is 17.4 Å². The van der Waals surface area contributed by atoms with Crippen molar-refractivity contribution in [3.8, 4) is 11.8 Å². The van der Waals surface area contributed by atoms with Crippen LogP contribution in [0.3, 0.4) is 0 Å². The van der Waals surface area contributed by atoms with Gasteiger partial charge in [-0.05, 0) is 36.8 Å². The van der Waals surface area contributed by atoms with E-state index in [2.05, 4.69) is 16.8 Å². The van der Waals surface area contributed by atoms with Crippen molar-refractivity contribution in [3.05, 3.63) is 53.2 Å². The van der Waals surface area contributed by atoms with Crippen LogP contribution in [0.5, 0.6) is 0 Å². The normalized spacial score (nSPS) is 9.00. The number of thioether (sulfide) groups is 1. The Balaban J connectivity index is 0.000000745. The molecule has 0 aliphatic rings. The smallest absolute Gasteiger partial charge is 0.250 e. The SMILES string of the molecule is CSC.NC(=O)c1cnc(N)c(C#Cc2cccc(N)c2)c1. The van der Waals surface area contributed by atoms with Crippen LogP contribution in [-0.2, 0) is 0 Å². The van der Waals surface area contributed by atoms with Gasteiger partial charge in [-0.25, -0.2) is 4.98 Å². The highest BCUT2D eigenvalue weighted by molar-refractivity contribution is 7.97. The summed E-state index contributed by atoms with van der Waals surface area (Å²) in [5.41, 5.74) is 18.6. The van der Waals surface area contributed by atoms with Crippen LogP contribution in [0.1, 0.15) is 21.5 Å². The number of carbonyl (C=O) groups is 1. The molecule has 0 radical (unpaired) electrons. The summed E-state index contributed by atoms with van der Waals surface area (Å²) in [7, 11) is 0. The van der Waals surface area contributed by atoms with Crippen LogP contribution in [-0.4, -0.2) is 23.4 Å². The Morgan fingerprint density at radius 2 is 1.86 bits per heavy atom. The molecule has 0 fully saturated rings. The van der Waals surface area contributed by atoms with E-state index >= 15 is 0 Å². The summed E-state index contributed by atoms with van der Waals surface area (Å²) in [6.07, 6.45) is 5.41. The molecule has 1 aromatic carbocycles. The van der Waals surface area contributed by atoms with E-state index in [1.54, 1.807) is 30.0 Å². The second kappa shape index (κ2) is 8.60. The first-order valence-corrected chi connectivity index (χ1v) is 7.94. The topological polar surface area (TPSA) is 108 Å². The number of nitrogen functional groups attached to an aromatic ring is 2. The molecule has 5 nitrogen and oxygen atoms in total. The molecule has 0 aliphatic carbocycles. The number of anilines is 2. The number of rotatable bonds is 1. The van der Waals surface area contributed by atoms with Gasteiger partial charge in [0.2, 0.25) is 5.91 Å². The minimum absolute atomic E-state index is 0.251. The van der Waals surface area contributed by atoms with Gasteiger partial charge in [-0.3, -0.25) is 4.79 Å². The van der Waals surface area contributed by atoms with E-state index in [9.17, 15) is 4.79 Å². The molecule has 0 bridgehead atoms. The molecule has 6 heteroatoms. The highest BCUT2D eigenvalue weighted by Crippen LogP contribution is 2.10. The average molecular weight is 314 g/mol. The standard InChI is InChI=1S/C14H12N4O.C2H6S/c15-12-3-1-2-9(6-12)4-5-10-7-11(14(17)19)8-18-13(10)16;1-3-2/h1-3,6-8H,15H2,(H2,16,18)(H2,17,19);1-2H3. The highest BCUT2D eigenvalue weighted by Gasteiger charge is 2.04. The summed E-state index contributed by atoms with van der Waals surface area (Å²) in [6, 6.07) is 8.67. The molecule has 0 atom stereocenters. The van der Waals surface area contributed by atoms with Gasteiger partial charge < -0.3 is 17.2 Å². The number of pyridine rings is 1. The molecule has 0 aliphatic heterocycles. The number of nitrogens with zero attached hydrogens (tertiary/aromatic N) is 1. The van der Waals surface area contributed by atoms with E-state index in [0.29, 0.717) is 11.3 Å². The van der Waals surface area contributed by atoms with Gasteiger partial charge in [0.05, 0.1) is 11.1 Å². The number of hydrogen-bond donors (Lipinski definition) is 3. The van der Waals surface area contributed by atoms with E-state index in [-0.39, 0.29) is 11.4 Å². The summed E-state index contributed by atoms with van der Waals surface area (Å²) < 4.78 is 0. The first kappa shape index (κ1) is 17.4. The fraction of sp³-hybridized carbons (Fsp3) is 0.125. The second-order valence-corrected chi connectivity index (χ2v) is 5.12. The number of hydrogen-bond acceptors (Lipinski definition) is 5. The van der Waals surface area contributed by atoms with Gasteiger partial charge in [-0.15, -0.1) is 0 Å². The van der Waals surface area contributed by atoms with E-state index in [1.807, 2.05) is 18.6 Å². The van der Waals surface area contributed by atoms with Gasteiger partial charge in [-0.2, -0.15) is 11.8 Å². The first-order chi connectivity index (χ1) is 10.5. The maximum absolute atomic E-state index is 11.1. The van der Waals surface area contributed by atoms with Crippen molar-refractivity contribution in [2.45, 2.75) is 0 Å². The van der Waals surface area contributed by atoms with Crippen LogP contribution in [0.2, 0.25) is 0 Å². The Labute approximate surface area is 134 Å². The van der Waals surface area contributed by atoms with Crippen LogP contribution in [0.25, 0.3) is 0 Å². The lowest BCUT2D eigenvalue weighted by Crippen LogP contribution is -2.12. The zero-order chi connectivity index (χ0) is 16.5. The molecular formula is C16H18N4OS. The fourth-order valence-corrected chi connectivity index (χ4v) is 1.47. The molecule has 6 N–H and O–H groups in total. The third kappa shape index (κ3) is 5.38. The van der Waals surface area contributed by atoms with Gasteiger partial charge in [0.15, 0.2) is 0 Å². The van der Waals surface area contributed by atoms with E-state index in [1.165, 1.54) is 12.3 Å². The molecular weight excluding hydrogens is 296 g/mol. The molecule has 0 unspecified atom stereocenters. The van der Waals surface area contributed by atoms with Crippen LogP contribution < -0.4 is 17.2 Å². The molecule has 2 rings (SSSR count). The van der Waals surface area contributed by atoms with Crippen molar-refractivity contribution < 1.29 is 4.79 Å². The average Bonchev–Trinajstić information content (AvgIpc) is 2.47. The van der Waals surface area contributed by atoms with Crippen LogP contribution >= 0.6 is 11.8 Å². The van der Waals surface area contributed by atoms with Crippen LogP contribution in [0, 0.1) is 11.8 Å². The second-order valence-electron chi connectivity index (χ2n) is 4.30. The molecule has 1 amide bonds. The first-order valence-electron chi connectivity index (χ1n) is 6.31. The summed E-state index contributed by atoms with van der Waals surface area (Å²) in [5.74, 6) is 5.44. The summed E-state index contributed by atoms with van der Waals surface area (Å²) in [4.78, 5) is 14.9. The lowest BCUT2D eigenvalue weighted by atomic mass is 10.1. The molecule has 2 aromatic rings. The molecule has 114 valence electrons. The Hall–Kier alpha value is -2.65. The van der Waals surface area contributed by atoms with Gasteiger partial charge >= 0.3 is 0 Å². The van der Waals surface area contributed by atoms with Crippen molar-refractivity contribution in [2.24, 2.45) is 5.73 Å².